The number of nitrogens with zero attached hydrogens (tertiary/aromatic N) is 3. The SMILES string of the molecule is CN(CCCN1Cc2cc(-c3ccccc3)ccc2N=C1N)C1CCCCC1. The van der Waals surface area contributed by atoms with Crippen LogP contribution in [-0.4, -0.2) is 41.9 Å². The van der Waals surface area contributed by atoms with Crippen LogP contribution in [-0.2, 0) is 6.54 Å². The molecule has 2 aromatic carbocycles. The predicted octanol–water partition coefficient (Wildman–Crippen LogP) is 4.77. The van der Waals surface area contributed by atoms with Crippen molar-refractivity contribution in [2.75, 3.05) is 20.1 Å². The van der Waals surface area contributed by atoms with Crippen LogP contribution in [0.15, 0.2) is 53.5 Å². The molecule has 4 nitrogen and oxygen atoms in total. The van der Waals surface area contributed by atoms with Crippen LogP contribution in [0.1, 0.15) is 44.1 Å². The molecule has 148 valence electrons. The molecule has 1 aliphatic heterocycles. The lowest BCUT2D eigenvalue weighted by atomic mass is 9.94. The van der Waals surface area contributed by atoms with Crippen LogP contribution < -0.4 is 5.73 Å². The standard InChI is InChI=1S/C24H32N4/c1-27(22-11-6-3-7-12-22)15-8-16-28-18-21-17-20(19-9-4-2-5-10-19)13-14-23(21)26-24(28)25/h2,4-5,9-10,13-14,17,22H,3,6-8,11-12,15-16,18H2,1H3,(H2,25,26). The van der Waals surface area contributed by atoms with E-state index in [1.807, 2.05) is 0 Å². The highest BCUT2D eigenvalue weighted by Crippen LogP contribution is 2.30. The van der Waals surface area contributed by atoms with Crippen molar-refractivity contribution in [3.8, 4) is 11.1 Å². The highest BCUT2D eigenvalue weighted by Gasteiger charge is 2.20. The maximum atomic E-state index is 6.27. The Bertz CT molecular complexity index is 809. The van der Waals surface area contributed by atoms with E-state index in [-0.39, 0.29) is 0 Å². The van der Waals surface area contributed by atoms with E-state index in [0.29, 0.717) is 5.96 Å². The Labute approximate surface area is 169 Å². The molecular formula is C24H32N4. The van der Waals surface area contributed by atoms with Gasteiger partial charge in [0.05, 0.1) is 5.69 Å². The van der Waals surface area contributed by atoms with Crippen LogP contribution in [0.25, 0.3) is 11.1 Å². The summed E-state index contributed by atoms with van der Waals surface area (Å²) in [7, 11) is 2.28. The van der Waals surface area contributed by atoms with Crippen molar-refractivity contribution in [1.82, 2.24) is 9.80 Å². The van der Waals surface area contributed by atoms with E-state index in [1.165, 1.54) is 48.8 Å². The third-order valence-electron chi connectivity index (χ3n) is 6.24. The fourth-order valence-corrected chi connectivity index (χ4v) is 4.52. The third-order valence-corrected chi connectivity index (χ3v) is 6.24. The highest BCUT2D eigenvalue weighted by molar-refractivity contribution is 5.84. The van der Waals surface area contributed by atoms with E-state index in [1.54, 1.807) is 0 Å². The molecule has 1 aliphatic carbocycles. The van der Waals surface area contributed by atoms with Gasteiger partial charge >= 0.3 is 0 Å². The number of guanidine groups is 1. The van der Waals surface area contributed by atoms with Gasteiger partial charge in [-0.3, -0.25) is 0 Å². The summed E-state index contributed by atoms with van der Waals surface area (Å²) in [6.45, 7) is 2.94. The normalized spacial score (nSPS) is 17.5. The maximum Gasteiger partial charge on any atom is 0.196 e. The number of fused-ring (bicyclic) bond motifs is 1. The Morgan fingerprint density at radius 1 is 1.04 bits per heavy atom. The van der Waals surface area contributed by atoms with Gasteiger partial charge < -0.3 is 15.5 Å². The van der Waals surface area contributed by atoms with Gasteiger partial charge in [0.25, 0.3) is 0 Å². The van der Waals surface area contributed by atoms with Gasteiger partial charge in [-0.05, 0) is 61.7 Å². The monoisotopic (exact) mass is 376 g/mol. The smallest absolute Gasteiger partial charge is 0.196 e. The lowest BCUT2D eigenvalue weighted by molar-refractivity contribution is 0.184. The van der Waals surface area contributed by atoms with Crippen molar-refractivity contribution in [2.45, 2.75) is 51.1 Å². The average molecular weight is 377 g/mol. The summed E-state index contributed by atoms with van der Waals surface area (Å²) in [4.78, 5) is 9.44. The number of hydrogen-bond acceptors (Lipinski definition) is 4. The number of aliphatic imine (C=N–C) groups is 1. The maximum absolute atomic E-state index is 6.27. The first kappa shape index (κ1) is 19.0. The van der Waals surface area contributed by atoms with Gasteiger partial charge in [-0.15, -0.1) is 0 Å². The quantitative estimate of drug-likeness (QED) is 0.790. The minimum Gasteiger partial charge on any atom is -0.369 e. The van der Waals surface area contributed by atoms with Crippen LogP contribution >= 0.6 is 0 Å². The molecule has 0 saturated heterocycles. The summed E-state index contributed by atoms with van der Waals surface area (Å²) in [5.74, 6) is 0.653. The predicted molar refractivity (Wildman–Crippen MR) is 118 cm³/mol. The largest absolute Gasteiger partial charge is 0.369 e. The van der Waals surface area contributed by atoms with E-state index in [4.69, 9.17) is 5.73 Å². The van der Waals surface area contributed by atoms with E-state index < -0.39 is 0 Å². The topological polar surface area (TPSA) is 44.9 Å². The molecule has 0 aromatic heterocycles. The molecule has 0 atom stereocenters. The third kappa shape index (κ3) is 4.39. The fraction of sp³-hybridized carbons (Fsp3) is 0.458. The molecule has 28 heavy (non-hydrogen) atoms. The summed E-state index contributed by atoms with van der Waals surface area (Å²) >= 11 is 0. The number of rotatable bonds is 6. The Hall–Kier alpha value is -2.33. The van der Waals surface area contributed by atoms with Crippen LogP contribution in [0.4, 0.5) is 5.69 Å². The van der Waals surface area contributed by atoms with Gasteiger partial charge in [-0.25, -0.2) is 4.99 Å². The van der Waals surface area contributed by atoms with Gasteiger partial charge in [0.15, 0.2) is 5.96 Å². The van der Waals surface area contributed by atoms with Gasteiger partial charge in [0, 0.05) is 19.1 Å². The molecule has 2 aliphatic rings. The lowest BCUT2D eigenvalue weighted by Gasteiger charge is -2.33. The van der Waals surface area contributed by atoms with Crippen LogP contribution in [0.3, 0.4) is 0 Å². The van der Waals surface area contributed by atoms with Gasteiger partial charge in [0.2, 0.25) is 0 Å². The minimum absolute atomic E-state index is 0.653. The molecule has 2 aromatic rings. The Kier molecular flexibility index (Phi) is 5.96. The molecule has 1 saturated carbocycles. The Morgan fingerprint density at radius 3 is 2.61 bits per heavy atom. The summed E-state index contributed by atoms with van der Waals surface area (Å²) in [6.07, 6.45) is 8.04. The minimum atomic E-state index is 0.653. The molecule has 1 fully saturated rings. The Morgan fingerprint density at radius 2 is 1.82 bits per heavy atom. The number of benzene rings is 2. The van der Waals surface area contributed by atoms with Gasteiger partial charge in [-0.2, -0.15) is 0 Å². The van der Waals surface area contributed by atoms with E-state index >= 15 is 0 Å². The van der Waals surface area contributed by atoms with Gasteiger partial charge in [0.1, 0.15) is 0 Å². The molecule has 4 heteroatoms. The second kappa shape index (κ2) is 8.78. The van der Waals surface area contributed by atoms with Crippen LogP contribution in [0, 0.1) is 0 Å². The molecule has 0 spiro atoms. The molecule has 0 amide bonds. The Balaban J connectivity index is 1.37. The van der Waals surface area contributed by atoms with Crippen molar-refractivity contribution >= 4 is 11.6 Å². The highest BCUT2D eigenvalue weighted by atomic mass is 15.3. The molecule has 1 heterocycles. The molecule has 4 rings (SSSR count). The van der Waals surface area contributed by atoms with Crippen molar-refractivity contribution in [1.29, 1.82) is 0 Å². The second-order valence-corrected chi connectivity index (χ2v) is 8.23. The molecular weight excluding hydrogens is 344 g/mol. The van der Waals surface area contributed by atoms with Crippen molar-refractivity contribution in [3.63, 3.8) is 0 Å². The summed E-state index contributed by atoms with van der Waals surface area (Å²) in [5.41, 5.74) is 11.0. The number of hydrogen-bond donors (Lipinski definition) is 1. The van der Waals surface area contributed by atoms with E-state index in [2.05, 4.69) is 70.4 Å². The average Bonchev–Trinajstić information content (AvgIpc) is 2.75. The zero-order chi connectivity index (χ0) is 19.3. The lowest BCUT2D eigenvalue weighted by Crippen LogP contribution is -2.41. The fourth-order valence-electron chi connectivity index (χ4n) is 4.52. The summed E-state index contributed by atoms with van der Waals surface area (Å²) in [6, 6.07) is 17.8. The van der Waals surface area contributed by atoms with Crippen molar-refractivity contribution < 1.29 is 0 Å². The van der Waals surface area contributed by atoms with Gasteiger partial charge in [-0.1, -0.05) is 55.7 Å². The zero-order valence-electron chi connectivity index (χ0n) is 17.0. The van der Waals surface area contributed by atoms with Crippen molar-refractivity contribution in [3.05, 3.63) is 54.1 Å². The summed E-state index contributed by atoms with van der Waals surface area (Å²) < 4.78 is 0. The van der Waals surface area contributed by atoms with Crippen LogP contribution in [0.2, 0.25) is 0 Å². The van der Waals surface area contributed by atoms with Crippen LogP contribution in [0.5, 0.6) is 0 Å². The molecule has 2 N–H and O–H groups in total. The molecule has 0 radical (unpaired) electrons. The van der Waals surface area contributed by atoms with E-state index in [0.717, 1.165) is 37.8 Å². The second-order valence-electron chi connectivity index (χ2n) is 8.23. The van der Waals surface area contributed by atoms with Crippen molar-refractivity contribution in [2.24, 2.45) is 10.7 Å². The first-order chi connectivity index (χ1) is 13.7. The van der Waals surface area contributed by atoms with E-state index in [9.17, 15) is 0 Å². The number of nitrogens with two attached hydrogens (primary N) is 1. The molecule has 0 bridgehead atoms. The first-order valence-corrected chi connectivity index (χ1v) is 10.7. The molecule has 0 unspecified atom stereocenters. The zero-order valence-corrected chi connectivity index (χ0v) is 17.0. The first-order valence-electron chi connectivity index (χ1n) is 10.7. The summed E-state index contributed by atoms with van der Waals surface area (Å²) in [5, 5.41) is 0.